The highest BCUT2D eigenvalue weighted by atomic mass is 16.2. The van der Waals surface area contributed by atoms with Crippen molar-refractivity contribution in [3.63, 3.8) is 0 Å². The third kappa shape index (κ3) is 4.10. The van der Waals surface area contributed by atoms with Gasteiger partial charge in [0.25, 0.3) is 0 Å². The summed E-state index contributed by atoms with van der Waals surface area (Å²) in [6.07, 6.45) is 7.08. The lowest BCUT2D eigenvalue weighted by Gasteiger charge is -2.34. The summed E-state index contributed by atoms with van der Waals surface area (Å²) < 4.78 is 2.41. The van der Waals surface area contributed by atoms with Crippen LogP contribution in [-0.4, -0.2) is 46.5 Å². The zero-order valence-electron chi connectivity index (χ0n) is 18.9. The first-order valence-electron chi connectivity index (χ1n) is 12.3. The van der Waals surface area contributed by atoms with Crippen molar-refractivity contribution in [1.29, 1.82) is 0 Å². The molecule has 0 radical (unpaired) electrons. The number of nitrogens with zero attached hydrogens (tertiary/aromatic N) is 3. The predicted octanol–water partition coefficient (Wildman–Crippen LogP) is 5.43. The summed E-state index contributed by atoms with van der Waals surface area (Å²) in [4.78, 5) is 17.8. The van der Waals surface area contributed by atoms with E-state index in [0.29, 0.717) is 5.91 Å². The summed E-state index contributed by atoms with van der Waals surface area (Å²) in [7, 11) is 0. The van der Waals surface area contributed by atoms with Crippen molar-refractivity contribution in [3.8, 4) is 0 Å². The van der Waals surface area contributed by atoms with Crippen molar-refractivity contribution in [3.05, 3.63) is 48.0 Å². The Morgan fingerprint density at radius 3 is 2.48 bits per heavy atom. The van der Waals surface area contributed by atoms with Crippen LogP contribution in [0.25, 0.3) is 21.8 Å². The molecule has 2 aliphatic heterocycles. The van der Waals surface area contributed by atoms with Gasteiger partial charge in [-0.1, -0.05) is 37.1 Å². The van der Waals surface area contributed by atoms with E-state index in [0.717, 1.165) is 52.1 Å². The number of fused-ring (bicyclic) bond motifs is 3. The first-order valence-corrected chi connectivity index (χ1v) is 12.3. The van der Waals surface area contributed by atoms with Crippen molar-refractivity contribution in [1.82, 2.24) is 14.4 Å². The number of rotatable bonds is 4. The Kier molecular flexibility index (Phi) is 5.99. The highest BCUT2D eigenvalue weighted by Gasteiger charge is 2.29. The van der Waals surface area contributed by atoms with Crippen LogP contribution in [0.2, 0.25) is 0 Å². The topological polar surface area (TPSA) is 28.5 Å². The summed E-state index contributed by atoms with van der Waals surface area (Å²) in [5.41, 5.74) is 3.99. The van der Waals surface area contributed by atoms with Crippen LogP contribution in [0.5, 0.6) is 0 Å². The lowest BCUT2D eigenvalue weighted by molar-refractivity contribution is -0.137. The number of benzene rings is 2. The van der Waals surface area contributed by atoms with Gasteiger partial charge in [-0.15, -0.1) is 0 Å². The van der Waals surface area contributed by atoms with Crippen molar-refractivity contribution < 1.29 is 4.79 Å². The third-order valence-electron chi connectivity index (χ3n) is 7.33. The standard InChI is InChI=1S/C27H35N3O/c1-2-30-25-12-6-5-11-23(25)24-18-21(13-14-26(24)30)19-28-15-9-10-22(20-28)27(31)29-16-7-3-4-8-17-29/h5-6,11-14,18,22H,2-4,7-10,15-17,19-20H2,1H3/t22-/m1/s1. The van der Waals surface area contributed by atoms with Crippen molar-refractivity contribution in [2.45, 2.75) is 58.5 Å². The average molecular weight is 418 g/mol. The molecule has 0 spiro atoms. The number of aryl methyl sites for hydroxylation is 1. The first kappa shape index (κ1) is 20.6. The normalized spacial score (nSPS) is 20.9. The Balaban J connectivity index is 1.33. The molecule has 1 atom stereocenters. The highest BCUT2D eigenvalue weighted by molar-refractivity contribution is 6.08. The number of piperidine rings is 1. The van der Waals surface area contributed by atoms with E-state index in [9.17, 15) is 4.79 Å². The Bertz CT molecular complexity index is 1060. The van der Waals surface area contributed by atoms with Gasteiger partial charge in [0.05, 0.1) is 5.92 Å². The van der Waals surface area contributed by atoms with Crippen LogP contribution < -0.4 is 0 Å². The van der Waals surface area contributed by atoms with E-state index in [-0.39, 0.29) is 5.92 Å². The monoisotopic (exact) mass is 417 g/mol. The number of carbonyl (C=O) groups excluding carboxylic acids is 1. The molecule has 2 saturated heterocycles. The summed E-state index contributed by atoms with van der Waals surface area (Å²) >= 11 is 0. The molecule has 164 valence electrons. The van der Waals surface area contributed by atoms with Crippen molar-refractivity contribution >= 4 is 27.7 Å². The van der Waals surface area contributed by atoms with Gasteiger partial charge in [0, 0.05) is 54.5 Å². The molecule has 1 amide bonds. The number of para-hydroxylation sites is 1. The number of amides is 1. The fraction of sp³-hybridized carbons (Fsp3) is 0.519. The second-order valence-electron chi connectivity index (χ2n) is 9.43. The average Bonchev–Trinajstić information content (AvgIpc) is 2.94. The van der Waals surface area contributed by atoms with Crippen LogP contribution in [0.4, 0.5) is 0 Å². The Labute approximate surface area is 185 Å². The van der Waals surface area contributed by atoms with E-state index >= 15 is 0 Å². The number of hydrogen-bond acceptors (Lipinski definition) is 2. The van der Waals surface area contributed by atoms with Gasteiger partial charge in [0.1, 0.15) is 0 Å². The van der Waals surface area contributed by atoms with E-state index in [1.807, 2.05) is 0 Å². The predicted molar refractivity (Wildman–Crippen MR) is 128 cm³/mol. The molecule has 1 aromatic heterocycles. The molecule has 2 aliphatic rings. The fourth-order valence-corrected chi connectivity index (χ4v) is 5.75. The lowest BCUT2D eigenvalue weighted by atomic mass is 9.95. The Morgan fingerprint density at radius 1 is 0.903 bits per heavy atom. The molecule has 4 heteroatoms. The molecule has 0 saturated carbocycles. The second kappa shape index (κ2) is 9.04. The molecule has 5 rings (SSSR count). The molecule has 0 unspecified atom stereocenters. The van der Waals surface area contributed by atoms with Crippen LogP contribution in [0, 0.1) is 5.92 Å². The summed E-state index contributed by atoms with van der Waals surface area (Å²) in [5.74, 6) is 0.589. The Hall–Kier alpha value is -2.33. The maximum absolute atomic E-state index is 13.2. The van der Waals surface area contributed by atoms with Gasteiger partial charge in [0.15, 0.2) is 0 Å². The first-order chi connectivity index (χ1) is 15.2. The van der Waals surface area contributed by atoms with Gasteiger partial charge in [0.2, 0.25) is 5.91 Å². The number of aromatic nitrogens is 1. The van der Waals surface area contributed by atoms with Gasteiger partial charge in [-0.2, -0.15) is 0 Å². The number of hydrogen-bond donors (Lipinski definition) is 0. The maximum atomic E-state index is 13.2. The smallest absolute Gasteiger partial charge is 0.226 e. The van der Waals surface area contributed by atoms with Crippen molar-refractivity contribution in [2.75, 3.05) is 26.2 Å². The third-order valence-corrected chi connectivity index (χ3v) is 7.33. The maximum Gasteiger partial charge on any atom is 0.226 e. The molecule has 0 bridgehead atoms. The minimum absolute atomic E-state index is 0.178. The molecule has 4 nitrogen and oxygen atoms in total. The quantitative estimate of drug-likeness (QED) is 0.566. The summed E-state index contributed by atoms with van der Waals surface area (Å²) in [6.45, 7) is 8.07. The van der Waals surface area contributed by atoms with Gasteiger partial charge < -0.3 is 9.47 Å². The van der Waals surface area contributed by atoms with Gasteiger partial charge in [-0.3, -0.25) is 9.69 Å². The van der Waals surface area contributed by atoms with Gasteiger partial charge >= 0.3 is 0 Å². The molecule has 31 heavy (non-hydrogen) atoms. The lowest BCUT2D eigenvalue weighted by Crippen LogP contribution is -2.44. The van der Waals surface area contributed by atoms with Crippen LogP contribution in [0.3, 0.4) is 0 Å². The molecule has 0 N–H and O–H groups in total. The van der Waals surface area contributed by atoms with E-state index in [4.69, 9.17) is 0 Å². The minimum atomic E-state index is 0.178. The molecule has 2 fully saturated rings. The van der Waals surface area contributed by atoms with Crippen molar-refractivity contribution in [2.24, 2.45) is 5.92 Å². The van der Waals surface area contributed by atoms with Gasteiger partial charge in [-0.25, -0.2) is 0 Å². The SMILES string of the molecule is CCn1c2ccccc2c2cc(CN3CCC[C@@H](C(=O)N4CCCCCC4)C3)ccc21. The number of carbonyl (C=O) groups is 1. The molecular weight excluding hydrogens is 382 g/mol. The summed E-state index contributed by atoms with van der Waals surface area (Å²) in [6, 6.07) is 15.7. The highest BCUT2D eigenvalue weighted by Crippen LogP contribution is 2.30. The Morgan fingerprint density at radius 2 is 1.68 bits per heavy atom. The van der Waals surface area contributed by atoms with Crippen LogP contribution in [-0.2, 0) is 17.9 Å². The summed E-state index contributed by atoms with van der Waals surface area (Å²) in [5, 5.41) is 2.69. The van der Waals surface area contributed by atoms with Crippen LogP contribution >= 0.6 is 0 Å². The molecular formula is C27H35N3O. The van der Waals surface area contributed by atoms with Gasteiger partial charge in [-0.05, 0) is 62.9 Å². The van der Waals surface area contributed by atoms with Crippen LogP contribution in [0.15, 0.2) is 42.5 Å². The minimum Gasteiger partial charge on any atom is -0.342 e. The van der Waals surface area contributed by atoms with E-state index in [1.54, 1.807) is 0 Å². The largest absolute Gasteiger partial charge is 0.342 e. The second-order valence-corrected chi connectivity index (χ2v) is 9.43. The van der Waals surface area contributed by atoms with E-state index < -0.39 is 0 Å². The van der Waals surface area contributed by atoms with E-state index in [2.05, 4.69) is 63.8 Å². The zero-order chi connectivity index (χ0) is 21.2. The fourth-order valence-electron chi connectivity index (χ4n) is 5.75. The van der Waals surface area contributed by atoms with E-state index in [1.165, 1.54) is 53.1 Å². The molecule has 0 aliphatic carbocycles. The molecule has 3 heterocycles. The zero-order valence-corrected chi connectivity index (χ0v) is 18.9. The number of likely N-dealkylation sites (tertiary alicyclic amines) is 2. The van der Waals surface area contributed by atoms with Crippen LogP contribution in [0.1, 0.15) is 51.0 Å². The molecule has 3 aromatic rings. The molecule has 2 aromatic carbocycles.